The molecule has 2 atom stereocenters. The van der Waals surface area contributed by atoms with Crippen LogP contribution in [0.3, 0.4) is 0 Å². The van der Waals surface area contributed by atoms with Gasteiger partial charge in [-0.3, -0.25) is 4.79 Å². The van der Waals surface area contributed by atoms with E-state index in [0.717, 1.165) is 24.8 Å². The number of benzene rings is 1. The van der Waals surface area contributed by atoms with E-state index in [1.165, 1.54) is 12.0 Å². The summed E-state index contributed by atoms with van der Waals surface area (Å²) in [5.41, 5.74) is 2.62. The van der Waals surface area contributed by atoms with E-state index in [9.17, 15) is 9.59 Å². The van der Waals surface area contributed by atoms with E-state index in [2.05, 4.69) is 6.92 Å². The number of Topliss-reactive ketones (excluding diaryl/α,β-unsaturated/α-hetero) is 1. The van der Waals surface area contributed by atoms with E-state index in [0.29, 0.717) is 12.0 Å². The second-order valence-corrected chi connectivity index (χ2v) is 6.70. The number of allylic oxidation sites excluding steroid dienone is 1. The number of carbonyl (C=O) groups excluding carboxylic acids is 2. The summed E-state index contributed by atoms with van der Waals surface area (Å²) in [7, 11) is 0. The zero-order valence-corrected chi connectivity index (χ0v) is 13.2. The van der Waals surface area contributed by atoms with Crippen molar-refractivity contribution in [2.75, 3.05) is 0 Å². The summed E-state index contributed by atoms with van der Waals surface area (Å²) in [4.78, 5) is 24.8. The molecule has 0 saturated heterocycles. The van der Waals surface area contributed by atoms with Crippen molar-refractivity contribution in [3.63, 3.8) is 0 Å². The minimum absolute atomic E-state index is 0.0118. The minimum atomic E-state index is -0.639. The van der Waals surface area contributed by atoms with E-state index in [4.69, 9.17) is 4.74 Å². The minimum Gasteiger partial charge on any atom is -0.450 e. The largest absolute Gasteiger partial charge is 0.450 e. The van der Waals surface area contributed by atoms with Crippen LogP contribution in [0.5, 0.6) is 0 Å². The highest BCUT2D eigenvalue weighted by atomic mass is 16.5. The number of hydrogen-bond acceptors (Lipinski definition) is 3. The molecule has 0 spiro atoms. The molecule has 1 saturated carbocycles. The van der Waals surface area contributed by atoms with Gasteiger partial charge in [-0.1, -0.05) is 37.1 Å². The second-order valence-electron chi connectivity index (χ2n) is 6.70. The summed E-state index contributed by atoms with van der Waals surface area (Å²) in [6.45, 7) is 4.10. The molecule has 1 aromatic carbocycles. The molecule has 0 unspecified atom stereocenters. The van der Waals surface area contributed by atoms with Crippen molar-refractivity contribution in [1.29, 1.82) is 0 Å². The molecule has 0 heterocycles. The molecule has 0 bridgehead atoms. The van der Waals surface area contributed by atoms with Crippen LogP contribution in [0.1, 0.15) is 56.3 Å². The van der Waals surface area contributed by atoms with Crippen molar-refractivity contribution in [1.82, 2.24) is 0 Å². The summed E-state index contributed by atoms with van der Waals surface area (Å²) in [6.07, 6.45) is 4.40. The fourth-order valence-electron chi connectivity index (χ4n) is 3.89. The Hall–Kier alpha value is -1.90. The van der Waals surface area contributed by atoms with Crippen molar-refractivity contribution in [3.8, 4) is 0 Å². The van der Waals surface area contributed by atoms with Gasteiger partial charge in [-0.05, 0) is 49.3 Å². The van der Waals surface area contributed by atoms with Crippen molar-refractivity contribution in [2.45, 2.75) is 52.1 Å². The van der Waals surface area contributed by atoms with Gasteiger partial charge in [0.1, 0.15) is 0 Å². The molecule has 2 aliphatic rings. The molecule has 0 radical (unpaired) electrons. The molecule has 2 aliphatic carbocycles. The van der Waals surface area contributed by atoms with Gasteiger partial charge >= 0.3 is 5.97 Å². The topological polar surface area (TPSA) is 43.4 Å². The molecule has 0 aromatic heterocycles. The Bertz CT molecular complexity index is 629. The Labute approximate surface area is 131 Å². The van der Waals surface area contributed by atoms with Crippen LogP contribution >= 0.6 is 0 Å². The zero-order chi connectivity index (χ0) is 15.7. The van der Waals surface area contributed by atoms with Crippen molar-refractivity contribution >= 4 is 11.8 Å². The maximum Gasteiger partial charge on any atom is 0.338 e. The normalized spacial score (nSPS) is 28.3. The average Bonchev–Trinajstić information content (AvgIpc) is 2.53. The number of esters is 1. The fraction of sp³-hybridized carbons (Fsp3) is 0.474. The lowest BCUT2D eigenvalue weighted by Crippen LogP contribution is -2.41. The predicted octanol–water partition coefficient (Wildman–Crippen LogP) is 4.08. The van der Waals surface area contributed by atoms with Gasteiger partial charge in [0.15, 0.2) is 11.9 Å². The van der Waals surface area contributed by atoms with Crippen molar-refractivity contribution < 1.29 is 14.3 Å². The van der Waals surface area contributed by atoms with Crippen LogP contribution < -0.4 is 0 Å². The molecule has 22 heavy (non-hydrogen) atoms. The Morgan fingerprint density at radius 1 is 1.23 bits per heavy atom. The molecule has 3 heteroatoms. The van der Waals surface area contributed by atoms with Gasteiger partial charge < -0.3 is 4.74 Å². The molecule has 0 aliphatic heterocycles. The van der Waals surface area contributed by atoms with Crippen molar-refractivity contribution in [2.24, 2.45) is 5.41 Å². The number of rotatable bonds is 2. The van der Waals surface area contributed by atoms with Gasteiger partial charge in [-0.2, -0.15) is 0 Å². The molecule has 0 amide bonds. The van der Waals surface area contributed by atoms with Gasteiger partial charge in [-0.25, -0.2) is 4.79 Å². The molecular weight excluding hydrogens is 276 g/mol. The number of ether oxygens (including phenoxy) is 1. The fourth-order valence-corrected chi connectivity index (χ4v) is 3.89. The summed E-state index contributed by atoms with van der Waals surface area (Å²) in [6, 6.07) is 8.87. The molecule has 3 nitrogen and oxygen atoms in total. The standard InChI is InChI=1S/C19H22O3/c1-13-15-10-6-7-11-19(15,2)12-16(17(13)20)22-18(21)14-8-4-3-5-9-14/h3-5,8-9,16H,6-7,10-12H2,1-2H3/t16-,19-/m0/s1. The Balaban J connectivity index is 1.82. The van der Waals surface area contributed by atoms with Crippen LogP contribution in [0.15, 0.2) is 41.5 Å². The highest BCUT2D eigenvalue weighted by molar-refractivity contribution is 6.02. The van der Waals surface area contributed by atoms with Gasteiger partial charge in [0.05, 0.1) is 5.56 Å². The molecule has 116 valence electrons. The predicted molar refractivity (Wildman–Crippen MR) is 84.5 cm³/mol. The Morgan fingerprint density at radius 2 is 1.95 bits per heavy atom. The summed E-state index contributed by atoms with van der Waals surface area (Å²) in [5.74, 6) is -0.423. The Morgan fingerprint density at radius 3 is 2.68 bits per heavy atom. The molecular formula is C19H22O3. The quantitative estimate of drug-likeness (QED) is 0.773. The van der Waals surface area contributed by atoms with Crippen LogP contribution in [-0.4, -0.2) is 17.9 Å². The summed E-state index contributed by atoms with van der Waals surface area (Å²) >= 11 is 0. The first-order valence-electron chi connectivity index (χ1n) is 8.02. The molecule has 0 N–H and O–H groups in total. The van der Waals surface area contributed by atoms with Crippen LogP contribution in [-0.2, 0) is 9.53 Å². The highest BCUT2D eigenvalue weighted by Gasteiger charge is 2.44. The van der Waals surface area contributed by atoms with E-state index in [1.807, 2.05) is 13.0 Å². The maximum atomic E-state index is 12.6. The molecule has 1 fully saturated rings. The lowest BCUT2D eigenvalue weighted by Gasteiger charge is -2.43. The third-order valence-corrected chi connectivity index (χ3v) is 5.14. The highest BCUT2D eigenvalue weighted by Crippen LogP contribution is 2.49. The van der Waals surface area contributed by atoms with Crippen LogP contribution in [0.25, 0.3) is 0 Å². The first kappa shape index (κ1) is 15.0. The van der Waals surface area contributed by atoms with Gasteiger partial charge in [-0.15, -0.1) is 0 Å². The van der Waals surface area contributed by atoms with E-state index >= 15 is 0 Å². The lowest BCUT2D eigenvalue weighted by atomic mass is 9.63. The SMILES string of the molecule is CC1=C2CCCC[C@@]2(C)C[C@H](OC(=O)c2ccccc2)C1=O. The van der Waals surface area contributed by atoms with Crippen molar-refractivity contribution in [3.05, 3.63) is 47.0 Å². The van der Waals surface area contributed by atoms with Crippen LogP contribution in [0.4, 0.5) is 0 Å². The third-order valence-electron chi connectivity index (χ3n) is 5.14. The summed E-state index contributed by atoms with van der Waals surface area (Å²) < 4.78 is 5.55. The zero-order valence-electron chi connectivity index (χ0n) is 13.2. The number of fused-ring (bicyclic) bond motifs is 1. The number of hydrogen-bond donors (Lipinski definition) is 0. The summed E-state index contributed by atoms with van der Waals surface area (Å²) in [5, 5.41) is 0. The van der Waals surface area contributed by atoms with Gasteiger partial charge in [0, 0.05) is 6.42 Å². The second kappa shape index (κ2) is 5.71. The molecule has 1 aromatic rings. The first-order chi connectivity index (χ1) is 10.5. The van der Waals surface area contributed by atoms with Crippen LogP contribution in [0.2, 0.25) is 0 Å². The van der Waals surface area contributed by atoms with Gasteiger partial charge in [0.25, 0.3) is 0 Å². The first-order valence-corrected chi connectivity index (χ1v) is 8.02. The molecule has 3 rings (SSSR count). The van der Waals surface area contributed by atoms with Crippen LogP contribution in [0, 0.1) is 5.41 Å². The maximum absolute atomic E-state index is 12.6. The Kier molecular flexibility index (Phi) is 3.90. The number of carbonyl (C=O) groups is 2. The van der Waals surface area contributed by atoms with E-state index in [-0.39, 0.29) is 11.2 Å². The lowest BCUT2D eigenvalue weighted by molar-refractivity contribution is -0.127. The smallest absolute Gasteiger partial charge is 0.338 e. The van der Waals surface area contributed by atoms with E-state index < -0.39 is 12.1 Å². The monoisotopic (exact) mass is 298 g/mol. The number of ketones is 1. The van der Waals surface area contributed by atoms with Gasteiger partial charge in [0.2, 0.25) is 0 Å². The van der Waals surface area contributed by atoms with E-state index in [1.54, 1.807) is 24.3 Å². The average molecular weight is 298 g/mol. The third kappa shape index (κ3) is 2.60.